The average molecular weight is 520 g/mol. The van der Waals surface area contributed by atoms with Crippen molar-refractivity contribution in [1.82, 2.24) is 9.97 Å². The number of nitrogens with zero attached hydrogens (tertiary/aromatic N) is 1. The minimum atomic E-state index is -0.495. The van der Waals surface area contributed by atoms with E-state index in [-0.39, 0.29) is 23.8 Å². The summed E-state index contributed by atoms with van der Waals surface area (Å²) in [7, 11) is 0. The molecule has 2 N–H and O–H groups in total. The Morgan fingerprint density at radius 2 is 1.94 bits per heavy atom. The molecule has 0 atom stereocenters. The summed E-state index contributed by atoms with van der Waals surface area (Å²) in [5.41, 5.74) is 5.15. The van der Waals surface area contributed by atoms with Crippen molar-refractivity contribution in [1.29, 1.82) is 0 Å². The van der Waals surface area contributed by atoms with Crippen molar-refractivity contribution in [3.8, 4) is 11.1 Å². The van der Waals surface area contributed by atoms with Crippen LogP contribution in [0.15, 0.2) is 57.8 Å². The summed E-state index contributed by atoms with van der Waals surface area (Å²) in [6, 6.07) is 13.2. The molecule has 184 valence electrons. The summed E-state index contributed by atoms with van der Waals surface area (Å²) in [4.78, 5) is 45.8. The van der Waals surface area contributed by atoms with E-state index >= 15 is 0 Å². The van der Waals surface area contributed by atoms with Gasteiger partial charge in [-0.25, -0.2) is 9.78 Å². The maximum Gasteiger partial charge on any atom is 0.340 e. The zero-order valence-electron chi connectivity index (χ0n) is 19.8. The number of hydrogen-bond acceptors (Lipinski definition) is 7. The molecule has 1 aliphatic rings. The number of ether oxygens (including phenoxy) is 1. The molecule has 0 spiro atoms. The molecule has 2 aromatic heterocycles. The van der Waals surface area contributed by atoms with Crippen molar-refractivity contribution in [3.05, 3.63) is 74.9 Å². The molecular formula is C27H25N3O4S2. The minimum Gasteiger partial charge on any atom is -0.462 e. The summed E-state index contributed by atoms with van der Waals surface area (Å²) < 4.78 is 5.05. The van der Waals surface area contributed by atoms with Crippen molar-refractivity contribution in [2.24, 2.45) is 0 Å². The predicted molar refractivity (Wildman–Crippen MR) is 144 cm³/mol. The van der Waals surface area contributed by atoms with Crippen molar-refractivity contribution in [3.63, 3.8) is 0 Å². The Balaban J connectivity index is 1.31. The van der Waals surface area contributed by atoms with Crippen LogP contribution in [-0.2, 0) is 22.4 Å². The fraction of sp³-hybridized carbons (Fsp3) is 0.259. The number of anilines is 1. The lowest BCUT2D eigenvalue weighted by molar-refractivity contribution is -0.113. The number of thioether (sulfide) groups is 1. The van der Waals surface area contributed by atoms with Crippen LogP contribution in [0.2, 0.25) is 0 Å². The Bertz CT molecular complexity index is 1510. The lowest BCUT2D eigenvalue weighted by atomic mass is 9.89. The quantitative estimate of drug-likeness (QED) is 0.192. The molecule has 9 heteroatoms. The first-order chi connectivity index (χ1) is 17.5. The Morgan fingerprint density at radius 3 is 2.78 bits per heavy atom. The molecule has 2 aromatic carbocycles. The number of hydrogen-bond donors (Lipinski definition) is 2. The van der Waals surface area contributed by atoms with Crippen LogP contribution in [0.1, 0.15) is 41.3 Å². The van der Waals surface area contributed by atoms with Crippen LogP contribution < -0.4 is 10.9 Å². The van der Waals surface area contributed by atoms with Gasteiger partial charge in [-0.05, 0) is 61.4 Å². The van der Waals surface area contributed by atoms with Gasteiger partial charge in [0, 0.05) is 10.9 Å². The number of aromatic amines is 1. The molecule has 7 nitrogen and oxygen atoms in total. The second-order valence-electron chi connectivity index (χ2n) is 8.49. The van der Waals surface area contributed by atoms with Crippen LogP contribution in [-0.4, -0.2) is 34.2 Å². The Hall–Kier alpha value is -3.43. The van der Waals surface area contributed by atoms with E-state index in [9.17, 15) is 14.4 Å². The predicted octanol–water partition coefficient (Wildman–Crippen LogP) is 5.44. The number of benzene rings is 2. The first kappa shape index (κ1) is 24.3. The molecule has 0 saturated heterocycles. The highest BCUT2D eigenvalue weighted by molar-refractivity contribution is 7.99. The number of amides is 1. The topological polar surface area (TPSA) is 101 Å². The number of fused-ring (bicyclic) bond motifs is 2. The summed E-state index contributed by atoms with van der Waals surface area (Å²) in [6.45, 7) is 1.97. The Labute approximate surface area is 216 Å². The number of aryl methyl sites for hydroxylation is 2. The highest BCUT2D eigenvalue weighted by atomic mass is 32.2. The molecule has 4 aromatic rings. The van der Waals surface area contributed by atoms with Gasteiger partial charge in [0.2, 0.25) is 5.91 Å². The Kier molecular flexibility index (Phi) is 7.20. The van der Waals surface area contributed by atoms with E-state index < -0.39 is 5.97 Å². The molecule has 1 amide bonds. The van der Waals surface area contributed by atoms with E-state index in [1.807, 2.05) is 5.38 Å². The molecule has 2 heterocycles. The van der Waals surface area contributed by atoms with E-state index in [0.717, 1.165) is 35.7 Å². The SMILES string of the molecule is CCOC(=O)c1ccccc1NC(=O)CSc1nc2scc(-c3ccc4c(c3)CCCC4)c2c(=O)[nH]1. The van der Waals surface area contributed by atoms with Gasteiger partial charge in [-0.15, -0.1) is 11.3 Å². The van der Waals surface area contributed by atoms with Gasteiger partial charge in [-0.3, -0.25) is 9.59 Å². The molecule has 0 bridgehead atoms. The largest absolute Gasteiger partial charge is 0.462 e. The number of H-pyrrole nitrogens is 1. The van der Waals surface area contributed by atoms with Crippen LogP contribution in [0.25, 0.3) is 21.3 Å². The summed E-state index contributed by atoms with van der Waals surface area (Å²) in [5, 5.41) is 5.67. The van der Waals surface area contributed by atoms with E-state index in [1.165, 1.54) is 35.3 Å². The first-order valence-electron chi connectivity index (χ1n) is 11.9. The van der Waals surface area contributed by atoms with E-state index in [0.29, 0.717) is 26.6 Å². The molecule has 0 aliphatic heterocycles. The molecule has 5 rings (SSSR count). The average Bonchev–Trinajstić information content (AvgIpc) is 3.32. The van der Waals surface area contributed by atoms with Gasteiger partial charge in [0.05, 0.1) is 29.0 Å². The van der Waals surface area contributed by atoms with Gasteiger partial charge in [0.15, 0.2) is 5.16 Å². The normalized spacial score (nSPS) is 12.8. The number of carbonyl (C=O) groups is 2. The van der Waals surface area contributed by atoms with Crippen LogP contribution in [0.5, 0.6) is 0 Å². The highest BCUT2D eigenvalue weighted by Crippen LogP contribution is 2.34. The lowest BCUT2D eigenvalue weighted by Gasteiger charge is -2.16. The van der Waals surface area contributed by atoms with Crippen molar-refractivity contribution in [2.75, 3.05) is 17.7 Å². The van der Waals surface area contributed by atoms with E-state index in [4.69, 9.17) is 4.74 Å². The van der Waals surface area contributed by atoms with Gasteiger partial charge < -0.3 is 15.0 Å². The van der Waals surface area contributed by atoms with Crippen LogP contribution in [0, 0.1) is 0 Å². The molecule has 0 radical (unpaired) electrons. The van der Waals surface area contributed by atoms with Gasteiger partial charge in [-0.1, -0.05) is 42.1 Å². The number of esters is 1. The fourth-order valence-corrected chi connectivity index (χ4v) is 6.08. The molecule has 0 unspecified atom stereocenters. The number of para-hydroxylation sites is 1. The van der Waals surface area contributed by atoms with E-state index in [1.54, 1.807) is 31.2 Å². The lowest BCUT2D eigenvalue weighted by Crippen LogP contribution is -2.18. The fourth-order valence-electron chi connectivity index (χ4n) is 4.41. The second kappa shape index (κ2) is 10.7. The van der Waals surface area contributed by atoms with Crippen molar-refractivity contribution < 1.29 is 14.3 Å². The maximum absolute atomic E-state index is 13.0. The number of thiophene rings is 1. The summed E-state index contributed by atoms with van der Waals surface area (Å²) in [6.07, 6.45) is 4.62. The number of rotatable bonds is 7. The molecule has 0 fully saturated rings. The number of aromatic nitrogens is 2. The zero-order chi connectivity index (χ0) is 25.1. The van der Waals surface area contributed by atoms with Crippen LogP contribution in [0.3, 0.4) is 0 Å². The smallest absolute Gasteiger partial charge is 0.340 e. The third-order valence-corrected chi connectivity index (χ3v) is 7.86. The van der Waals surface area contributed by atoms with Crippen LogP contribution in [0.4, 0.5) is 5.69 Å². The number of carbonyl (C=O) groups excluding carboxylic acids is 2. The number of nitrogens with one attached hydrogen (secondary N) is 2. The van der Waals surface area contributed by atoms with Gasteiger partial charge in [-0.2, -0.15) is 0 Å². The minimum absolute atomic E-state index is 0.0225. The van der Waals surface area contributed by atoms with Gasteiger partial charge >= 0.3 is 5.97 Å². The second-order valence-corrected chi connectivity index (χ2v) is 10.3. The van der Waals surface area contributed by atoms with Crippen molar-refractivity contribution >= 4 is 50.9 Å². The third-order valence-electron chi connectivity index (χ3n) is 6.12. The summed E-state index contributed by atoms with van der Waals surface area (Å²) >= 11 is 2.56. The van der Waals surface area contributed by atoms with Crippen molar-refractivity contribution in [2.45, 2.75) is 37.8 Å². The highest BCUT2D eigenvalue weighted by Gasteiger charge is 2.17. The van der Waals surface area contributed by atoms with Crippen LogP contribution >= 0.6 is 23.1 Å². The Morgan fingerprint density at radius 1 is 1.14 bits per heavy atom. The first-order valence-corrected chi connectivity index (χ1v) is 13.7. The molecule has 1 aliphatic carbocycles. The maximum atomic E-state index is 13.0. The molecule has 0 saturated carbocycles. The van der Waals surface area contributed by atoms with Gasteiger partial charge in [0.25, 0.3) is 5.56 Å². The summed E-state index contributed by atoms with van der Waals surface area (Å²) in [5.74, 6) is -0.792. The van der Waals surface area contributed by atoms with E-state index in [2.05, 4.69) is 33.5 Å². The molecule has 36 heavy (non-hydrogen) atoms. The molecular weight excluding hydrogens is 494 g/mol. The standard InChI is InChI=1S/C27H25N3O4S2/c1-2-34-26(33)19-9-5-6-10-21(19)28-22(31)15-36-27-29-24(32)23-20(14-35-25(23)30-27)18-12-11-16-7-3-4-8-17(16)13-18/h5-6,9-14H,2-4,7-8,15H2,1H3,(H,28,31)(H,29,30,32). The third kappa shape index (κ3) is 5.08. The monoisotopic (exact) mass is 519 g/mol. The zero-order valence-corrected chi connectivity index (χ0v) is 21.4. The van der Waals surface area contributed by atoms with Gasteiger partial charge in [0.1, 0.15) is 4.83 Å².